The lowest BCUT2D eigenvalue weighted by Gasteiger charge is -2.28. The third kappa shape index (κ3) is 6.30. The molecule has 282 valence electrons. The predicted molar refractivity (Wildman–Crippen MR) is 252 cm³/mol. The maximum absolute atomic E-state index is 5.48. The summed E-state index contributed by atoms with van der Waals surface area (Å²) in [5.74, 6) is 0. The highest BCUT2D eigenvalue weighted by molar-refractivity contribution is 6.13. The van der Waals surface area contributed by atoms with Crippen molar-refractivity contribution >= 4 is 44.1 Å². The SMILES string of the molecule is c1ccc(-c2ccc(N(c3ccc(-c4ccc5ccccc5c4)cc3)c3cccc4c3cc(-c3ccccc3)n3nc(-c5ccccc5)c(-c5ccccc5)c43)cc2)cc1. The van der Waals surface area contributed by atoms with E-state index >= 15 is 0 Å². The molecule has 11 aromatic rings. The van der Waals surface area contributed by atoms with E-state index in [1.165, 1.54) is 33.0 Å². The number of rotatable bonds is 8. The Bertz CT molecular complexity index is 3270. The third-order valence-corrected chi connectivity index (χ3v) is 11.6. The van der Waals surface area contributed by atoms with Crippen molar-refractivity contribution in [1.29, 1.82) is 0 Å². The maximum atomic E-state index is 5.48. The molecule has 0 spiro atoms. The van der Waals surface area contributed by atoms with E-state index in [-0.39, 0.29) is 0 Å². The van der Waals surface area contributed by atoms with Gasteiger partial charge in [-0.15, -0.1) is 0 Å². The minimum atomic E-state index is 0.953. The van der Waals surface area contributed by atoms with Crippen LogP contribution in [-0.4, -0.2) is 9.61 Å². The molecule has 3 nitrogen and oxygen atoms in total. The van der Waals surface area contributed by atoms with Crippen LogP contribution in [0.3, 0.4) is 0 Å². The van der Waals surface area contributed by atoms with E-state index in [0.717, 1.165) is 67.0 Å². The average molecular weight is 766 g/mol. The van der Waals surface area contributed by atoms with E-state index in [2.05, 4.69) is 246 Å². The molecule has 60 heavy (non-hydrogen) atoms. The van der Waals surface area contributed by atoms with E-state index in [1.54, 1.807) is 0 Å². The van der Waals surface area contributed by atoms with Crippen LogP contribution in [0.5, 0.6) is 0 Å². The Morgan fingerprint density at radius 3 is 1.47 bits per heavy atom. The molecule has 9 aromatic carbocycles. The smallest absolute Gasteiger partial charge is 0.101 e. The summed E-state index contributed by atoms with van der Waals surface area (Å²) in [7, 11) is 0. The highest BCUT2D eigenvalue weighted by atomic mass is 15.2. The van der Waals surface area contributed by atoms with Gasteiger partial charge in [0.05, 0.1) is 16.9 Å². The molecule has 0 amide bonds. The largest absolute Gasteiger partial charge is 0.310 e. The number of fused-ring (bicyclic) bond motifs is 4. The fourth-order valence-corrected chi connectivity index (χ4v) is 8.67. The van der Waals surface area contributed by atoms with Crippen molar-refractivity contribution in [2.75, 3.05) is 4.90 Å². The lowest BCUT2D eigenvalue weighted by atomic mass is 9.96. The molecule has 3 heteroatoms. The Morgan fingerprint density at radius 1 is 0.333 bits per heavy atom. The summed E-state index contributed by atoms with van der Waals surface area (Å²) < 4.78 is 2.17. The lowest BCUT2D eigenvalue weighted by Crippen LogP contribution is -2.11. The fraction of sp³-hybridized carbons (Fsp3) is 0. The van der Waals surface area contributed by atoms with Gasteiger partial charge in [0.15, 0.2) is 0 Å². The van der Waals surface area contributed by atoms with Gasteiger partial charge in [0.2, 0.25) is 0 Å². The molecule has 2 heterocycles. The Balaban J connectivity index is 1.17. The molecular weight excluding hydrogens is 727 g/mol. The second-order valence-electron chi connectivity index (χ2n) is 15.2. The first kappa shape index (κ1) is 35.2. The number of pyridine rings is 1. The first-order valence-corrected chi connectivity index (χ1v) is 20.5. The summed E-state index contributed by atoms with van der Waals surface area (Å²) in [5.41, 5.74) is 15.4. The van der Waals surface area contributed by atoms with Gasteiger partial charge in [0.1, 0.15) is 5.69 Å². The molecule has 0 saturated carbocycles. The molecule has 0 saturated heterocycles. The minimum Gasteiger partial charge on any atom is -0.310 e. The topological polar surface area (TPSA) is 20.5 Å². The minimum absolute atomic E-state index is 0.953. The lowest BCUT2D eigenvalue weighted by molar-refractivity contribution is 0.979. The zero-order valence-corrected chi connectivity index (χ0v) is 32.9. The van der Waals surface area contributed by atoms with Gasteiger partial charge >= 0.3 is 0 Å². The Labute approximate surface area is 349 Å². The quantitative estimate of drug-likeness (QED) is 0.154. The van der Waals surface area contributed by atoms with Crippen molar-refractivity contribution in [3.05, 3.63) is 237 Å². The summed E-state index contributed by atoms with van der Waals surface area (Å²) in [4.78, 5) is 2.41. The van der Waals surface area contributed by atoms with Crippen LogP contribution in [0, 0.1) is 0 Å². The molecule has 0 atom stereocenters. The van der Waals surface area contributed by atoms with Gasteiger partial charge < -0.3 is 4.90 Å². The number of benzene rings is 9. The molecular formula is C57H39N3. The molecule has 0 N–H and O–H groups in total. The van der Waals surface area contributed by atoms with Gasteiger partial charge in [-0.25, -0.2) is 4.52 Å². The summed E-state index contributed by atoms with van der Waals surface area (Å²) in [6.07, 6.45) is 0. The summed E-state index contributed by atoms with van der Waals surface area (Å²) in [6, 6.07) is 84.8. The summed E-state index contributed by atoms with van der Waals surface area (Å²) >= 11 is 0. The molecule has 0 aliphatic rings. The van der Waals surface area contributed by atoms with Crippen molar-refractivity contribution in [1.82, 2.24) is 9.61 Å². The first-order chi connectivity index (χ1) is 29.8. The number of aromatic nitrogens is 2. The van der Waals surface area contributed by atoms with Gasteiger partial charge in [0.25, 0.3) is 0 Å². The van der Waals surface area contributed by atoms with Gasteiger partial charge in [0, 0.05) is 38.8 Å². The van der Waals surface area contributed by atoms with E-state index in [1.807, 2.05) is 0 Å². The molecule has 0 radical (unpaired) electrons. The van der Waals surface area contributed by atoms with Crippen molar-refractivity contribution in [2.24, 2.45) is 0 Å². The van der Waals surface area contributed by atoms with E-state index in [9.17, 15) is 0 Å². The normalized spacial score (nSPS) is 11.3. The van der Waals surface area contributed by atoms with Crippen molar-refractivity contribution in [2.45, 2.75) is 0 Å². The molecule has 0 bridgehead atoms. The van der Waals surface area contributed by atoms with Gasteiger partial charge in [-0.1, -0.05) is 194 Å². The van der Waals surface area contributed by atoms with Crippen molar-refractivity contribution in [3.8, 4) is 55.9 Å². The first-order valence-electron chi connectivity index (χ1n) is 20.5. The van der Waals surface area contributed by atoms with Crippen LogP contribution >= 0.6 is 0 Å². The number of nitrogens with zero attached hydrogens (tertiary/aromatic N) is 3. The summed E-state index contributed by atoms with van der Waals surface area (Å²) in [5, 5.41) is 10.2. The van der Waals surface area contributed by atoms with Crippen LogP contribution in [-0.2, 0) is 0 Å². The van der Waals surface area contributed by atoms with E-state index in [0.29, 0.717) is 0 Å². The van der Waals surface area contributed by atoms with Crippen molar-refractivity contribution in [3.63, 3.8) is 0 Å². The number of anilines is 3. The van der Waals surface area contributed by atoms with Crippen LogP contribution in [0.4, 0.5) is 17.1 Å². The number of hydrogen-bond acceptors (Lipinski definition) is 2. The Hall–Kier alpha value is -8.01. The molecule has 2 aromatic heterocycles. The monoisotopic (exact) mass is 765 g/mol. The second kappa shape index (κ2) is 15.1. The van der Waals surface area contributed by atoms with Crippen LogP contribution in [0.25, 0.3) is 83.0 Å². The third-order valence-electron chi connectivity index (χ3n) is 11.6. The van der Waals surface area contributed by atoms with E-state index < -0.39 is 0 Å². The Morgan fingerprint density at radius 2 is 0.833 bits per heavy atom. The van der Waals surface area contributed by atoms with Gasteiger partial charge in [-0.3, -0.25) is 0 Å². The van der Waals surface area contributed by atoms with Crippen molar-refractivity contribution < 1.29 is 0 Å². The molecule has 0 aliphatic heterocycles. The fourth-order valence-electron chi connectivity index (χ4n) is 8.67. The second-order valence-corrected chi connectivity index (χ2v) is 15.2. The standard InChI is InChI=1S/C57H39N3/c1-5-16-40(17-6-1)42-30-34-49(35-31-42)59(50-36-32-43(33-37-50)48-29-28-41-18-13-14-25-47(41)38-48)53-27-15-26-51-52(53)39-54(44-19-7-2-8-20-44)60-57(51)55(45-21-9-3-10-22-45)56(58-60)46-23-11-4-12-24-46/h1-39H. The zero-order valence-electron chi connectivity index (χ0n) is 32.9. The van der Waals surface area contributed by atoms with E-state index in [4.69, 9.17) is 5.10 Å². The van der Waals surface area contributed by atoms with Gasteiger partial charge in [-0.05, 0) is 81.1 Å². The zero-order chi connectivity index (χ0) is 39.8. The molecule has 11 rings (SSSR count). The highest BCUT2D eigenvalue weighted by Crippen LogP contribution is 2.46. The predicted octanol–water partition coefficient (Wildman–Crippen LogP) is 15.4. The maximum Gasteiger partial charge on any atom is 0.101 e. The highest BCUT2D eigenvalue weighted by Gasteiger charge is 2.24. The molecule has 0 fully saturated rings. The van der Waals surface area contributed by atoms with Crippen LogP contribution in [0.2, 0.25) is 0 Å². The Kier molecular flexibility index (Phi) is 8.83. The molecule has 0 aliphatic carbocycles. The number of hydrogen-bond donors (Lipinski definition) is 0. The van der Waals surface area contributed by atoms with Crippen LogP contribution in [0.15, 0.2) is 237 Å². The summed E-state index contributed by atoms with van der Waals surface area (Å²) in [6.45, 7) is 0. The van der Waals surface area contributed by atoms with Gasteiger partial charge in [-0.2, -0.15) is 5.10 Å². The van der Waals surface area contributed by atoms with Crippen LogP contribution in [0.1, 0.15) is 0 Å². The average Bonchev–Trinajstić information content (AvgIpc) is 3.74. The van der Waals surface area contributed by atoms with Crippen LogP contribution < -0.4 is 4.90 Å². The molecule has 0 unspecified atom stereocenters.